The Morgan fingerprint density at radius 2 is 2.47 bits per heavy atom. The fourth-order valence-corrected chi connectivity index (χ4v) is 1.68. The van der Waals surface area contributed by atoms with Gasteiger partial charge in [-0.3, -0.25) is 9.89 Å². The standard InChI is InChI=1S/C10H15N3O2/c1-6-5-9(13-12-6)11-10(14)8-4-3-7(2)15-8/h5,7-8H,3-4H2,1-2H3,(H2,11,12,13,14). The summed E-state index contributed by atoms with van der Waals surface area (Å²) in [6.07, 6.45) is 1.59. The fraction of sp³-hybridized carbons (Fsp3) is 0.600. The summed E-state index contributed by atoms with van der Waals surface area (Å²) in [5, 5.41) is 9.42. The highest BCUT2D eigenvalue weighted by atomic mass is 16.5. The van der Waals surface area contributed by atoms with Gasteiger partial charge in [0.1, 0.15) is 6.10 Å². The molecule has 0 bridgehead atoms. The minimum Gasteiger partial charge on any atom is -0.365 e. The molecule has 2 heterocycles. The second-order valence-electron chi connectivity index (χ2n) is 3.94. The van der Waals surface area contributed by atoms with Crippen LogP contribution < -0.4 is 5.32 Å². The van der Waals surface area contributed by atoms with Crippen LogP contribution in [-0.2, 0) is 9.53 Å². The van der Waals surface area contributed by atoms with Crippen LogP contribution in [0.4, 0.5) is 5.82 Å². The molecule has 2 unspecified atom stereocenters. The van der Waals surface area contributed by atoms with Crippen molar-refractivity contribution in [2.75, 3.05) is 5.32 Å². The number of nitrogens with one attached hydrogen (secondary N) is 2. The van der Waals surface area contributed by atoms with Crippen LogP contribution in [0.25, 0.3) is 0 Å². The molecule has 1 aromatic heterocycles. The van der Waals surface area contributed by atoms with E-state index in [1.165, 1.54) is 0 Å². The summed E-state index contributed by atoms with van der Waals surface area (Å²) in [5.41, 5.74) is 0.922. The molecule has 1 fully saturated rings. The number of aromatic nitrogens is 2. The maximum atomic E-state index is 11.7. The van der Waals surface area contributed by atoms with E-state index in [-0.39, 0.29) is 18.1 Å². The van der Waals surface area contributed by atoms with Gasteiger partial charge in [0.15, 0.2) is 5.82 Å². The van der Waals surface area contributed by atoms with E-state index in [0.29, 0.717) is 5.82 Å². The molecule has 82 valence electrons. The molecule has 0 spiro atoms. The second kappa shape index (κ2) is 4.02. The van der Waals surface area contributed by atoms with Gasteiger partial charge in [0.25, 0.3) is 5.91 Å². The Bertz CT molecular complexity index is 361. The molecule has 1 aliphatic heterocycles. The van der Waals surface area contributed by atoms with Crippen molar-refractivity contribution in [1.29, 1.82) is 0 Å². The van der Waals surface area contributed by atoms with E-state index in [4.69, 9.17) is 4.74 Å². The van der Waals surface area contributed by atoms with Crippen molar-refractivity contribution in [1.82, 2.24) is 10.2 Å². The third-order valence-corrected chi connectivity index (χ3v) is 2.48. The van der Waals surface area contributed by atoms with Gasteiger partial charge in [-0.15, -0.1) is 0 Å². The third-order valence-electron chi connectivity index (χ3n) is 2.48. The Kier molecular flexibility index (Phi) is 2.73. The first-order chi connectivity index (χ1) is 7.15. The van der Waals surface area contributed by atoms with Gasteiger partial charge in [-0.2, -0.15) is 5.10 Å². The molecule has 1 amide bonds. The van der Waals surface area contributed by atoms with Crippen molar-refractivity contribution in [2.24, 2.45) is 0 Å². The van der Waals surface area contributed by atoms with Gasteiger partial charge in [-0.1, -0.05) is 0 Å². The maximum Gasteiger partial charge on any atom is 0.254 e. The molecule has 15 heavy (non-hydrogen) atoms. The van der Waals surface area contributed by atoms with E-state index in [9.17, 15) is 4.79 Å². The molecular weight excluding hydrogens is 194 g/mol. The molecule has 1 aromatic rings. The average molecular weight is 209 g/mol. The fourth-order valence-electron chi connectivity index (χ4n) is 1.68. The van der Waals surface area contributed by atoms with Gasteiger partial charge in [0.05, 0.1) is 6.10 Å². The van der Waals surface area contributed by atoms with Gasteiger partial charge in [0, 0.05) is 11.8 Å². The first-order valence-electron chi connectivity index (χ1n) is 5.13. The molecule has 1 saturated heterocycles. The Labute approximate surface area is 88.2 Å². The highest BCUT2D eigenvalue weighted by Crippen LogP contribution is 2.20. The number of aryl methyl sites for hydroxylation is 1. The van der Waals surface area contributed by atoms with E-state index in [1.807, 2.05) is 13.8 Å². The first-order valence-corrected chi connectivity index (χ1v) is 5.13. The SMILES string of the molecule is Cc1cc(NC(=O)C2CCC(C)O2)n[nH]1. The quantitative estimate of drug-likeness (QED) is 0.769. The molecule has 0 saturated carbocycles. The van der Waals surface area contributed by atoms with Crippen molar-refractivity contribution >= 4 is 11.7 Å². The van der Waals surface area contributed by atoms with Gasteiger partial charge < -0.3 is 10.1 Å². The summed E-state index contributed by atoms with van der Waals surface area (Å²) in [5.74, 6) is 0.450. The molecule has 2 N–H and O–H groups in total. The summed E-state index contributed by atoms with van der Waals surface area (Å²) in [4.78, 5) is 11.7. The molecule has 2 rings (SSSR count). The Hall–Kier alpha value is -1.36. The summed E-state index contributed by atoms with van der Waals surface area (Å²) in [7, 11) is 0. The molecule has 0 radical (unpaired) electrons. The number of carbonyl (C=O) groups excluding carboxylic acids is 1. The monoisotopic (exact) mass is 209 g/mol. The number of hydrogen-bond acceptors (Lipinski definition) is 3. The van der Waals surface area contributed by atoms with Gasteiger partial charge in [0.2, 0.25) is 0 Å². The predicted octanol–water partition coefficient (Wildman–Crippen LogP) is 1.22. The van der Waals surface area contributed by atoms with Crippen molar-refractivity contribution < 1.29 is 9.53 Å². The van der Waals surface area contributed by atoms with Crippen LogP contribution in [0, 0.1) is 6.92 Å². The Morgan fingerprint density at radius 1 is 1.67 bits per heavy atom. The number of aromatic amines is 1. The number of nitrogens with zero attached hydrogens (tertiary/aromatic N) is 1. The average Bonchev–Trinajstić information content (AvgIpc) is 2.75. The predicted molar refractivity (Wildman–Crippen MR) is 55.5 cm³/mol. The van der Waals surface area contributed by atoms with Crippen LogP contribution >= 0.6 is 0 Å². The van der Waals surface area contributed by atoms with Crippen LogP contribution in [0.5, 0.6) is 0 Å². The molecule has 0 aromatic carbocycles. The van der Waals surface area contributed by atoms with E-state index in [2.05, 4.69) is 15.5 Å². The van der Waals surface area contributed by atoms with Crippen LogP contribution in [0.1, 0.15) is 25.5 Å². The molecule has 2 atom stereocenters. The summed E-state index contributed by atoms with van der Waals surface area (Å²) < 4.78 is 5.45. The Balaban J connectivity index is 1.92. The van der Waals surface area contributed by atoms with Crippen LogP contribution in [0.15, 0.2) is 6.07 Å². The van der Waals surface area contributed by atoms with E-state index in [1.54, 1.807) is 6.07 Å². The van der Waals surface area contributed by atoms with E-state index < -0.39 is 0 Å². The summed E-state index contributed by atoms with van der Waals surface area (Å²) >= 11 is 0. The highest BCUT2D eigenvalue weighted by molar-refractivity contribution is 5.93. The zero-order valence-electron chi connectivity index (χ0n) is 8.91. The lowest BCUT2D eigenvalue weighted by atomic mass is 10.2. The summed E-state index contributed by atoms with van der Waals surface area (Å²) in [6, 6.07) is 1.79. The maximum absolute atomic E-state index is 11.7. The number of rotatable bonds is 2. The lowest BCUT2D eigenvalue weighted by Gasteiger charge is -2.09. The van der Waals surface area contributed by atoms with Gasteiger partial charge in [-0.25, -0.2) is 0 Å². The highest BCUT2D eigenvalue weighted by Gasteiger charge is 2.28. The number of anilines is 1. The zero-order chi connectivity index (χ0) is 10.8. The van der Waals surface area contributed by atoms with Crippen molar-refractivity contribution in [3.63, 3.8) is 0 Å². The summed E-state index contributed by atoms with van der Waals surface area (Å²) in [6.45, 7) is 3.86. The van der Waals surface area contributed by atoms with E-state index in [0.717, 1.165) is 18.5 Å². The largest absolute Gasteiger partial charge is 0.365 e. The lowest BCUT2D eigenvalue weighted by molar-refractivity contribution is -0.126. The van der Waals surface area contributed by atoms with E-state index >= 15 is 0 Å². The number of H-pyrrole nitrogens is 1. The topological polar surface area (TPSA) is 67.0 Å². The molecule has 5 heteroatoms. The first kappa shape index (κ1) is 10.2. The number of hydrogen-bond donors (Lipinski definition) is 2. The second-order valence-corrected chi connectivity index (χ2v) is 3.94. The molecule has 1 aliphatic rings. The van der Waals surface area contributed by atoms with Crippen molar-refractivity contribution in [2.45, 2.75) is 38.9 Å². The van der Waals surface area contributed by atoms with Gasteiger partial charge >= 0.3 is 0 Å². The molecule has 0 aliphatic carbocycles. The minimum absolute atomic E-state index is 0.106. The Morgan fingerprint density at radius 3 is 3.00 bits per heavy atom. The zero-order valence-corrected chi connectivity index (χ0v) is 8.91. The number of ether oxygens (including phenoxy) is 1. The van der Waals surface area contributed by atoms with Gasteiger partial charge in [-0.05, 0) is 26.7 Å². The third kappa shape index (κ3) is 2.36. The normalized spacial score (nSPS) is 25.5. The van der Waals surface area contributed by atoms with Crippen LogP contribution in [-0.4, -0.2) is 28.3 Å². The smallest absolute Gasteiger partial charge is 0.254 e. The molecular formula is C10H15N3O2. The van der Waals surface area contributed by atoms with Crippen LogP contribution in [0.3, 0.4) is 0 Å². The minimum atomic E-state index is -0.322. The van der Waals surface area contributed by atoms with Crippen molar-refractivity contribution in [3.8, 4) is 0 Å². The van der Waals surface area contributed by atoms with Crippen LogP contribution in [0.2, 0.25) is 0 Å². The number of amides is 1. The molecule has 5 nitrogen and oxygen atoms in total. The number of carbonyl (C=O) groups is 1. The van der Waals surface area contributed by atoms with Crippen molar-refractivity contribution in [3.05, 3.63) is 11.8 Å². The lowest BCUT2D eigenvalue weighted by Crippen LogP contribution is -2.27.